The van der Waals surface area contributed by atoms with Gasteiger partial charge in [-0.05, 0) is 37.1 Å². The number of halogens is 1. The molecule has 0 saturated carbocycles. The Morgan fingerprint density at radius 2 is 1.84 bits per heavy atom. The van der Waals surface area contributed by atoms with Crippen LogP contribution in [0.15, 0.2) is 47.4 Å². The summed E-state index contributed by atoms with van der Waals surface area (Å²) in [5.74, 6) is -0.514. The van der Waals surface area contributed by atoms with Gasteiger partial charge in [-0.2, -0.15) is 0 Å². The molecule has 0 atom stereocenters. The highest BCUT2D eigenvalue weighted by atomic mass is 35.5. The number of sulfonamides is 1. The van der Waals surface area contributed by atoms with Crippen molar-refractivity contribution in [3.05, 3.63) is 63.5 Å². The number of amides is 1. The van der Waals surface area contributed by atoms with E-state index < -0.39 is 15.9 Å². The Bertz CT molecular complexity index is 1200. The van der Waals surface area contributed by atoms with Gasteiger partial charge in [-0.15, -0.1) is 11.3 Å². The number of aryl methyl sites for hydroxylation is 2. The second kappa shape index (κ2) is 9.48. The van der Waals surface area contributed by atoms with Gasteiger partial charge < -0.3 is 0 Å². The van der Waals surface area contributed by atoms with Gasteiger partial charge in [-0.1, -0.05) is 49.2 Å². The minimum Gasteiger partial charge on any atom is -0.298 e. The molecule has 1 amide bonds. The zero-order valence-corrected chi connectivity index (χ0v) is 20.2. The number of aromatic nitrogens is 1. The number of anilines is 1. The first-order valence-electron chi connectivity index (χ1n) is 9.73. The van der Waals surface area contributed by atoms with Crippen molar-refractivity contribution in [1.82, 2.24) is 9.29 Å². The largest absolute Gasteiger partial charge is 0.298 e. The van der Waals surface area contributed by atoms with Crippen LogP contribution in [-0.2, 0) is 16.4 Å². The Kier molecular flexibility index (Phi) is 7.16. The summed E-state index contributed by atoms with van der Waals surface area (Å²) in [6, 6.07) is 12.3. The molecule has 31 heavy (non-hydrogen) atoms. The van der Waals surface area contributed by atoms with Crippen molar-refractivity contribution in [1.29, 1.82) is 0 Å². The third kappa shape index (κ3) is 5.15. The van der Waals surface area contributed by atoms with Gasteiger partial charge in [0.25, 0.3) is 5.91 Å². The molecule has 1 N–H and O–H groups in total. The van der Waals surface area contributed by atoms with Crippen molar-refractivity contribution in [2.75, 3.05) is 19.4 Å². The molecule has 0 bridgehead atoms. The van der Waals surface area contributed by atoms with E-state index in [9.17, 15) is 13.2 Å². The molecule has 1 heterocycles. The van der Waals surface area contributed by atoms with Crippen molar-refractivity contribution in [2.24, 2.45) is 0 Å². The van der Waals surface area contributed by atoms with Crippen LogP contribution < -0.4 is 5.32 Å². The van der Waals surface area contributed by atoms with Gasteiger partial charge in [-0.25, -0.2) is 17.7 Å². The predicted octanol–water partition coefficient (Wildman–Crippen LogP) is 5.23. The number of benzene rings is 2. The van der Waals surface area contributed by atoms with E-state index in [4.69, 9.17) is 11.6 Å². The number of rotatable bonds is 7. The maximum absolute atomic E-state index is 12.8. The number of thiazole rings is 1. The molecule has 2 aromatic carbocycles. The number of nitrogens with one attached hydrogen (secondary N) is 1. The van der Waals surface area contributed by atoms with Crippen molar-refractivity contribution in [3.8, 4) is 11.3 Å². The fraction of sp³-hybridized carbons (Fsp3) is 0.273. The van der Waals surface area contributed by atoms with E-state index >= 15 is 0 Å². The van der Waals surface area contributed by atoms with E-state index in [1.54, 1.807) is 0 Å². The molecule has 0 aliphatic heterocycles. The molecule has 164 valence electrons. The lowest BCUT2D eigenvalue weighted by Gasteiger charge is -2.13. The van der Waals surface area contributed by atoms with Gasteiger partial charge in [0.1, 0.15) is 0 Å². The van der Waals surface area contributed by atoms with Crippen LogP contribution in [0.2, 0.25) is 5.02 Å². The lowest BCUT2D eigenvalue weighted by Crippen LogP contribution is -2.23. The van der Waals surface area contributed by atoms with E-state index in [-0.39, 0.29) is 15.5 Å². The molecule has 0 saturated heterocycles. The van der Waals surface area contributed by atoms with Crippen molar-refractivity contribution >= 4 is 44.0 Å². The zero-order valence-electron chi connectivity index (χ0n) is 17.8. The standard InChI is InChI=1S/C22H24ClN3O3S2/c1-5-6-15-7-9-16(10-8-15)20-14(2)30-22(24-20)25-21(27)18-13-17(11-12-19(18)23)31(28,29)26(3)4/h7-13H,5-6H2,1-4H3,(H,24,25,27). The fourth-order valence-corrected chi connectivity index (χ4v) is 5.01. The molecule has 0 unspecified atom stereocenters. The summed E-state index contributed by atoms with van der Waals surface area (Å²) in [4.78, 5) is 18.3. The van der Waals surface area contributed by atoms with Crippen molar-refractivity contribution in [2.45, 2.75) is 31.6 Å². The Hall–Kier alpha value is -2.26. The summed E-state index contributed by atoms with van der Waals surface area (Å²) < 4.78 is 25.9. The topological polar surface area (TPSA) is 79.4 Å². The first kappa shape index (κ1) is 23.4. The lowest BCUT2D eigenvalue weighted by molar-refractivity contribution is 0.102. The van der Waals surface area contributed by atoms with Gasteiger partial charge in [0.2, 0.25) is 10.0 Å². The van der Waals surface area contributed by atoms with Crippen molar-refractivity contribution in [3.63, 3.8) is 0 Å². The number of hydrogen-bond acceptors (Lipinski definition) is 5. The second-order valence-corrected chi connectivity index (χ2v) is 11.0. The highest BCUT2D eigenvalue weighted by molar-refractivity contribution is 7.89. The maximum atomic E-state index is 12.8. The molecule has 0 radical (unpaired) electrons. The molecule has 0 fully saturated rings. The van der Waals surface area contributed by atoms with Crippen molar-refractivity contribution < 1.29 is 13.2 Å². The number of carbonyl (C=O) groups excluding carboxylic acids is 1. The second-order valence-electron chi connectivity index (χ2n) is 7.25. The van der Waals surface area contributed by atoms with Gasteiger partial charge in [0, 0.05) is 24.5 Å². The third-order valence-electron chi connectivity index (χ3n) is 4.74. The molecule has 1 aromatic heterocycles. The van der Waals surface area contributed by atoms with Gasteiger partial charge in [-0.3, -0.25) is 10.1 Å². The normalized spacial score (nSPS) is 11.7. The molecular formula is C22H24ClN3O3S2. The molecule has 6 nitrogen and oxygen atoms in total. The summed E-state index contributed by atoms with van der Waals surface area (Å²) in [5, 5.41) is 3.33. The highest BCUT2D eigenvalue weighted by Gasteiger charge is 2.21. The minimum absolute atomic E-state index is 0.00442. The van der Waals surface area contributed by atoms with E-state index in [0.29, 0.717) is 5.13 Å². The number of carbonyl (C=O) groups is 1. The maximum Gasteiger partial charge on any atom is 0.259 e. The van der Waals surface area contributed by atoms with E-state index in [1.807, 2.05) is 19.1 Å². The summed E-state index contributed by atoms with van der Waals surface area (Å²) in [5.41, 5.74) is 3.13. The van der Waals surface area contributed by atoms with E-state index in [1.165, 1.54) is 49.2 Å². The van der Waals surface area contributed by atoms with Crippen LogP contribution in [0.5, 0.6) is 0 Å². The van der Waals surface area contributed by atoms with Crippen LogP contribution in [-0.4, -0.2) is 37.7 Å². The molecule has 9 heteroatoms. The van der Waals surface area contributed by atoms with E-state index in [0.717, 1.165) is 33.3 Å². The van der Waals surface area contributed by atoms with Crippen LogP contribution in [0.3, 0.4) is 0 Å². The molecule has 3 rings (SSSR count). The third-order valence-corrected chi connectivity index (χ3v) is 7.77. The Morgan fingerprint density at radius 3 is 2.45 bits per heavy atom. The fourth-order valence-electron chi connectivity index (χ4n) is 3.05. The molecular weight excluding hydrogens is 454 g/mol. The Balaban J connectivity index is 1.86. The Morgan fingerprint density at radius 1 is 1.16 bits per heavy atom. The summed E-state index contributed by atoms with van der Waals surface area (Å²) >= 11 is 7.53. The van der Waals surface area contributed by atoms with E-state index in [2.05, 4.69) is 29.4 Å². The molecule has 0 spiro atoms. The van der Waals surface area contributed by atoms with Gasteiger partial charge in [0.15, 0.2) is 5.13 Å². The lowest BCUT2D eigenvalue weighted by atomic mass is 10.1. The summed E-state index contributed by atoms with van der Waals surface area (Å²) in [7, 11) is -0.829. The van der Waals surface area contributed by atoms with Crippen LogP contribution >= 0.6 is 22.9 Å². The first-order valence-corrected chi connectivity index (χ1v) is 12.4. The number of nitrogens with zero attached hydrogens (tertiary/aromatic N) is 2. The van der Waals surface area contributed by atoms with Crippen LogP contribution in [0.4, 0.5) is 5.13 Å². The quantitative estimate of drug-likeness (QED) is 0.505. The molecule has 0 aliphatic rings. The zero-order chi connectivity index (χ0) is 22.8. The first-order chi connectivity index (χ1) is 14.6. The van der Waals surface area contributed by atoms with Crippen LogP contribution in [0.1, 0.15) is 34.1 Å². The van der Waals surface area contributed by atoms with Gasteiger partial charge >= 0.3 is 0 Å². The summed E-state index contributed by atoms with van der Waals surface area (Å²) in [6.45, 7) is 4.09. The van der Waals surface area contributed by atoms with Gasteiger partial charge in [0.05, 0.1) is 21.2 Å². The average Bonchev–Trinajstić information content (AvgIpc) is 3.08. The monoisotopic (exact) mass is 477 g/mol. The van der Waals surface area contributed by atoms with Crippen LogP contribution in [0.25, 0.3) is 11.3 Å². The summed E-state index contributed by atoms with van der Waals surface area (Å²) in [6.07, 6.45) is 2.12. The molecule has 3 aromatic rings. The SMILES string of the molecule is CCCc1ccc(-c2nc(NC(=O)c3cc(S(=O)(=O)N(C)C)ccc3Cl)sc2C)cc1. The van der Waals surface area contributed by atoms with Crippen LogP contribution in [0, 0.1) is 6.92 Å². The smallest absolute Gasteiger partial charge is 0.259 e. The predicted molar refractivity (Wildman–Crippen MR) is 127 cm³/mol. The molecule has 0 aliphatic carbocycles. The average molecular weight is 478 g/mol. The Labute approximate surface area is 191 Å². The number of hydrogen-bond donors (Lipinski definition) is 1. The highest BCUT2D eigenvalue weighted by Crippen LogP contribution is 2.31. The minimum atomic E-state index is -3.69.